The van der Waals surface area contributed by atoms with Crippen molar-refractivity contribution < 1.29 is 4.74 Å². The Morgan fingerprint density at radius 2 is 1.79 bits per heavy atom. The zero-order valence-electron chi connectivity index (χ0n) is 18.1. The van der Waals surface area contributed by atoms with Crippen LogP contribution in [0, 0.1) is 5.92 Å². The van der Waals surface area contributed by atoms with Gasteiger partial charge in [0.15, 0.2) is 5.96 Å². The van der Waals surface area contributed by atoms with Gasteiger partial charge < -0.3 is 20.3 Å². The van der Waals surface area contributed by atoms with Crippen molar-refractivity contribution in [2.24, 2.45) is 10.9 Å². The number of anilines is 1. The molecule has 1 heterocycles. The second-order valence-electron chi connectivity index (χ2n) is 7.80. The lowest BCUT2D eigenvalue weighted by Crippen LogP contribution is -2.50. The first kappa shape index (κ1) is 25.0. The van der Waals surface area contributed by atoms with Gasteiger partial charge in [-0.3, -0.25) is 9.89 Å². The van der Waals surface area contributed by atoms with Crippen LogP contribution in [0.15, 0.2) is 29.3 Å². The molecule has 0 amide bonds. The highest BCUT2D eigenvalue weighted by Gasteiger charge is 2.22. The highest BCUT2D eigenvalue weighted by atomic mass is 127. The SMILES string of the molecule is CN=C(NCc1ccc(N(C)C)cc1)NCC(CC(C)C)N1CCOCC1.I. The molecular formula is C21H38IN5O. The van der Waals surface area contributed by atoms with E-state index in [1.54, 1.807) is 0 Å². The minimum atomic E-state index is 0. The molecule has 0 radical (unpaired) electrons. The second kappa shape index (κ2) is 13.2. The van der Waals surface area contributed by atoms with Crippen LogP contribution < -0.4 is 15.5 Å². The van der Waals surface area contributed by atoms with Gasteiger partial charge in [0, 0.05) is 59.1 Å². The third kappa shape index (κ3) is 8.53. The summed E-state index contributed by atoms with van der Waals surface area (Å²) in [5, 5.41) is 6.95. The third-order valence-corrected chi connectivity index (χ3v) is 4.95. The van der Waals surface area contributed by atoms with Crippen molar-refractivity contribution in [1.29, 1.82) is 0 Å². The van der Waals surface area contributed by atoms with E-state index in [2.05, 4.69) is 77.6 Å². The summed E-state index contributed by atoms with van der Waals surface area (Å²) < 4.78 is 5.51. The van der Waals surface area contributed by atoms with E-state index in [-0.39, 0.29) is 24.0 Å². The number of nitrogens with zero attached hydrogens (tertiary/aromatic N) is 3. The second-order valence-corrected chi connectivity index (χ2v) is 7.80. The van der Waals surface area contributed by atoms with Crippen LogP contribution in [-0.4, -0.2) is 70.9 Å². The van der Waals surface area contributed by atoms with Gasteiger partial charge in [-0.15, -0.1) is 24.0 Å². The molecule has 0 aromatic heterocycles. The average Bonchev–Trinajstić information content (AvgIpc) is 2.67. The summed E-state index contributed by atoms with van der Waals surface area (Å²) >= 11 is 0. The van der Waals surface area contributed by atoms with Crippen molar-refractivity contribution in [3.8, 4) is 0 Å². The molecule has 2 N–H and O–H groups in total. The molecule has 1 aliphatic heterocycles. The van der Waals surface area contributed by atoms with Crippen LogP contribution in [0.25, 0.3) is 0 Å². The molecule has 1 fully saturated rings. The Hall–Kier alpha value is -1.06. The van der Waals surface area contributed by atoms with Gasteiger partial charge in [-0.05, 0) is 30.0 Å². The standard InChI is InChI=1S/C21H37N5O.HI/c1-17(2)14-20(26-10-12-27-13-11-26)16-24-21(22-3)23-15-18-6-8-19(9-7-18)25(4)5;/h6-9,17,20H,10-16H2,1-5H3,(H2,22,23,24);1H. The highest BCUT2D eigenvalue weighted by Crippen LogP contribution is 2.13. The maximum absolute atomic E-state index is 5.51. The fourth-order valence-corrected chi connectivity index (χ4v) is 3.38. The summed E-state index contributed by atoms with van der Waals surface area (Å²) in [5.41, 5.74) is 2.46. The summed E-state index contributed by atoms with van der Waals surface area (Å²) in [7, 11) is 5.94. The third-order valence-electron chi connectivity index (χ3n) is 4.95. The van der Waals surface area contributed by atoms with E-state index in [1.807, 2.05) is 7.05 Å². The van der Waals surface area contributed by atoms with Crippen molar-refractivity contribution in [2.75, 3.05) is 58.9 Å². The molecule has 0 spiro atoms. The van der Waals surface area contributed by atoms with Crippen LogP contribution in [0.4, 0.5) is 5.69 Å². The van der Waals surface area contributed by atoms with Gasteiger partial charge >= 0.3 is 0 Å². The minimum absolute atomic E-state index is 0. The summed E-state index contributed by atoms with van der Waals surface area (Å²) in [6.07, 6.45) is 1.18. The van der Waals surface area contributed by atoms with Crippen LogP contribution in [0.5, 0.6) is 0 Å². The molecule has 1 aliphatic rings. The van der Waals surface area contributed by atoms with Crippen molar-refractivity contribution in [1.82, 2.24) is 15.5 Å². The fourth-order valence-electron chi connectivity index (χ4n) is 3.38. The van der Waals surface area contributed by atoms with E-state index in [0.29, 0.717) is 12.0 Å². The van der Waals surface area contributed by atoms with Crippen molar-refractivity contribution >= 4 is 35.6 Å². The molecule has 160 valence electrons. The van der Waals surface area contributed by atoms with Gasteiger partial charge in [0.25, 0.3) is 0 Å². The predicted molar refractivity (Wildman–Crippen MR) is 130 cm³/mol. The largest absolute Gasteiger partial charge is 0.379 e. The van der Waals surface area contributed by atoms with E-state index < -0.39 is 0 Å². The Balaban J connectivity index is 0.00000392. The van der Waals surface area contributed by atoms with Crippen LogP contribution in [0.1, 0.15) is 25.8 Å². The molecule has 0 aliphatic carbocycles. The molecule has 0 saturated carbocycles. The first-order valence-electron chi connectivity index (χ1n) is 10.0. The Kier molecular flexibility index (Phi) is 11.8. The van der Waals surface area contributed by atoms with Crippen molar-refractivity contribution in [3.63, 3.8) is 0 Å². The first-order chi connectivity index (χ1) is 13.0. The number of halogens is 1. The maximum Gasteiger partial charge on any atom is 0.191 e. The monoisotopic (exact) mass is 503 g/mol. The van der Waals surface area contributed by atoms with E-state index in [0.717, 1.165) is 45.4 Å². The summed E-state index contributed by atoms with van der Waals surface area (Å²) in [4.78, 5) is 9.04. The number of ether oxygens (including phenoxy) is 1. The number of aliphatic imine (C=N–C) groups is 1. The summed E-state index contributed by atoms with van der Waals surface area (Å²) in [6.45, 7) is 9.95. The topological polar surface area (TPSA) is 52.1 Å². The van der Waals surface area contributed by atoms with E-state index in [4.69, 9.17) is 4.74 Å². The lowest BCUT2D eigenvalue weighted by Gasteiger charge is -2.35. The number of guanidine groups is 1. The molecule has 1 atom stereocenters. The molecule has 1 aromatic carbocycles. The fraction of sp³-hybridized carbons (Fsp3) is 0.667. The molecule has 1 saturated heterocycles. The van der Waals surface area contributed by atoms with Crippen LogP contribution >= 0.6 is 24.0 Å². The Morgan fingerprint density at radius 1 is 1.14 bits per heavy atom. The zero-order chi connectivity index (χ0) is 19.6. The number of hydrogen-bond donors (Lipinski definition) is 2. The average molecular weight is 503 g/mol. The highest BCUT2D eigenvalue weighted by molar-refractivity contribution is 14.0. The van der Waals surface area contributed by atoms with Gasteiger partial charge in [-0.2, -0.15) is 0 Å². The van der Waals surface area contributed by atoms with Crippen LogP contribution in [0.3, 0.4) is 0 Å². The van der Waals surface area contributed by atoms with Gasteiger partial charge in [-0.1, -0.05) is 26.0 Å². The molecule has 7 heteroatoms. The molecule has 1 unspecified atom stereocenters. The smallest absolute Gasteiger partial charge is 0.191 e. The van der Waals surface area contributed by atoms with E-state index >= 15 is 0 Å². The molecule has 2 rings (SSSR count). The number of benzene rings is 1. The van der Waals surface area contributed by atoms with Gasteiger partial charge in [0.05, 0.1) is 13.2 Å². The lowest BCUT2D eigenvalue weighted by molar-refractivity contribution is 0.0132. The van der Waals surface area contributed by atoms with Crippen molar-refractivity contribution in [2.45, 2.75) is 32.9 Å². The van der Waals surface area contributed by atoms with Gasteiger partial charge in [-0.25, -0.2) is 0 Å². The first-order valence-corrected chi connectivity index (χ1v) is 10.0. The molecule has 6 nitrogen and oxygen atoms in total. The summed E-state index contributed by atoms with van der Waals surface area (Å²) in [5.74, 6) is 1.53. The van der Waals surface area contributed by atoms with Gasteiger partial charge in [0.2, 0.25) is 0 Å². The Labute approximate surface area is 188 Å². The molecule has 1 aromatic rings. The number of nitrogens with one attached hydrogen (secondary N) is 2. The van der Waals surface area contributed by atoms with E-state index in [9.17, 15) is 0 Å². The predicted octanol–water partition coefficient (Wildman–Crippen LogP) is 2.78. The molecule has 28 heavy (non-hydrogen) atoms. The molecular weight excluding hydrogens is 465 g/mol. The quantitative estimate of drug-likeness (QED) is 0.325. The maximum atomic E-state index is 5.51. The zero-order valence-corrected chi connectivity index (χ0v) is 20.4. The lowest BCUT2D eigenvalue weighted by atomic mass is 10.0. The number of hydrogen-bond acceptors (Lipinski definition) is 4. The minimum Gasteiger partial charge on any atom is -0.379 e. The number of morpholine rings is 1. The number of rotatable bonds is 8. The molecule has 0 bridgehead atoms. The van der Waals surface area contributed by atoms with E-state index in [1.165, 1.54) is 17.7 Å². The summed E-state index contributed by atoms with van der Waals surface area (Å²) in [6, 6.07) is 9.11. The normalized spacial score (nSPS) is 16.4. The van der Waals surface area contributed by atoms with Gasteiger partial charge in [0.1, 0.15) is 0 Å². The van der Waals surface area contributed by atoms with Crippen LogP contribution in [-0.2, 0) is 11.3 Å². The Bertz CT molecular complexity index is 571. The Morgan fingerprint density at radius 3 is 2.32 bits per heavy atom. The van der Waals surface area contributed by atoms with Crippen LogP contribution in [0.2, 0.25) is 0 Å². The van der Waals surface area contributed by atoms with Crippen molar-refractivity contribution in [3.05, 3.63) is 29.8 Å².